The van der Waals surface area contributed by atoms with Gasteiger partial charge in [0.25, 0.3) is 0 Å². The molecule has 3 nitrogen and oxygen atoms in total. The van der Waals surface area contributed by atoms with E-state index >= 15 is 0 Å². The highest BCUT2D eigenvalue weighted by atomic mass is 32.1. The molecule has 2 aromatic rings. The first-order valence-electron chi connectivity index (χ1n) is 6.13. The molecule has 0 bridgehead atoms. The fourth-order valence-corrected chi connectivity index (χ4v) is 2.05. The van der Waals surface area contributed by atoms with Gasteiger partial charge in [0.05, 0.1) is 12.8 Å². The number of methoxy groups -OCH3 is 1. The Labute approximate surface area is 126 Å². The van der Waals surface area contributed by atoms with Crippen molar-refractivity contribution in [3.05, 3.63) is 53.1 Å². The molecule has 0 atom stereocenters. The number of nitrogens with two attached hydrogens (primary N) is 1. The molecule has 3 N–H and O–H groups in total. The fourth-order valence-electron chi connectivity index (χ4n) is 1.87. The van der Waals surface area contributed by atoms with Crippen molar-refractivity contribution in [3.8, 4) is 5.75 Å². The molecule has 0 aliphatic heterocycles. The summed E-state index contributed by atoms with van der Waals surface area (Å²) < 4.78 is 33.0. The van der Waals surface area contributed by atoms with E-state index in [2.05, 4.69) is 5.32 Å². The lowest BCUT2D eigenvalue weighted by Gasteiger charge is -2.14. The van der Waals surface area contributed by atoms with E-state index in [4.69, 9.17) is 22.7 Å². The van der Waals surface area contributed by atoms with Gasteiger partial charge in [-0.2, -0.15) is 0 Å². The molecule has 0 radical (unpaired) electrons. The highest BCUT2D eigenvalue weighted by Gasteiger charge is 2.14. The molecule has 0 heterocycles. The molecule has 6 heteroatoms. The molecule has 0 unspecified atom stereocenters. The van der Waals surface area contributed by atoms with Crippen molar-refractivity contribution < 1.29 is 13.5 Å². The van der Waals surface area contributed by atoms with Crippen molar-refractivity contribution in [2.75, 3.05) is 12.4 Å². The number of hydrogen-bond acceptors (Lipinski definition) is 3. The van der Waals surface area contributed by atoms with Crippen LogP contribution in [0.3, 0.4) is 0 Å². The topological polar surface area (TPSA) is 47.3 Å². The summed E-state index contributed by atoms with van der Waals surface area (Å²) in [5.41, 5.74) is 6.57. The Morgan fingerprint density at radius 1 is 1.24 bits per heavy atom. The maximum absolute atomic E-state index is 14.1. The summed E-state index contributed by atoms with van der Waals surface area (Å²) in [5.74, 6) is -0.840. The van der Waals surface area contributed by atoms with E-state index in [0.29, 0.717) is 22.6 Å². The van der Waals surface area contributed by atoms with Crippen LogP contribution < -0.4 is 15.8 Å². The average molecular weight is 308 g/mol. The SMILES string of the molecule is COc1ccc(C(N)=S)c(Nc2c(F)ccc(C)c2F)c1. The van der Waals surface area contributed by atoms with Gasteiger partial charge >= 0.3 is 0 Å². The van der Waals surface area contributed by atoms with Gasteiger partial charge in [0.1, 0.15) is 22.2 Å². The second-order valence-corrected chi connectivity index (χ2v) is 4.89. The van der Waals surface area contributed by atoms with Gasteiger partial charge in [0.15, 0.2) is 5.82 Å². The lowest BCUT2D eigenvalue weighted by molar-refractivity contribution is 0.415. The molecule has 2 aromatic carbocycles. The Morgan fingerprint density at radius 2 is 1.95 bits per heavy atom. The van der Waals surface area contributed by atoms with Crippen LogP contribution in [0.25, 0.3) is 0 Å². The van der Waals surface area contributed by atoms with Gasteiger partial charge in [0, 0.05) is 11.6 Å². The van der Waals surface area contributed by atoms with Crippen molar-refractivity contribution in [2.45, 2.75) is 6.92 Å². The summed E-state index contributed by atoms with van der Waals surface area (Å²) in [6, 6.07) is 7.45. The number of hydrogen-bond donors (Lipinski definition) is 2. The predicted octanol–water partition coefficient (Wildman–Crippen LogP) is 3.66. The molecule has 0 aliphatic rings. The monoisotopic (exact) mass is 308 g/mol. The number of halogens is 2. The van der Waals surface area contributed by atoms with Crippen molar-refractivity contribution in [1.29, 1.82) is 0 Å². The first-order valence-corrected chi connectivity index (χ1v) is 6.54. The lowest BCUT2D eigenvalue weighted by atomic mass is 10.1. The molecule has 0 saturated heterocycles. The Balaban J connectivity index is 2.53. The van der Waals surface area contributed by atoms with E-state index in [0.717, 1.165) is 0 Å². The first-order chi connectivity index (χ1) is 9.93. The van der Waals surface area contributed by atoms with Gasteiger partial charge in [-0.3, -0.25) is 0 Å². The zero-order valence-electron chi connectivity index (χ0n) is 11.5. The predicted molar refractivity (Wildman–Crippen MR) is 83.3 cm³/mol. The van der Waals surface area contributed by atoms with Crippen LogP contribution in [0.4, 0.5) is 20.2 Å². The van der Waals surface area contributed by atoms with E-state index in [-0.39, 0.29) is 10.7 Å². The minimum absolute atomic E-state index is 0.119. The van der Waals surface area contributed by atoms with Gasteiger partial charge in [-0.15, -0.1) is 0 Å². The molecule has 110 valence electrons. The van der Waals surface area contributed by atoms with Gasteiger partial charge < -0.3 is 15.8 Å². The van der Waals surface area contributed by atoms with Gasteiger partial charge in [-0.25, -0.2) is 8.78 Å². The molecule has 21 heavy (non-hydrogen) atoms. The summed E-state index contributed by atoms with van der Waals surface area (Å²) in [7, 11) is 1.49. The smallest absolute Gasteiger partial charge is 0.152 e. The average Bonchev–Trinajstić information content (AvgIpc) is 2.47. The largest absolute Gasteiger partial charge is 0.497 e. The Bertz CT molecular complexity index is 704. The standard InChI is InChI=1S/C15H14F2N2OS/c1-8-3-6-11(16)14(13(8)17)19-12-7-9(20-2)4-5-10(12)15(18)21/h3-7,19H,1-2H3,(H2,18,21). The van der Waals surface area contributed by atoms with Crippen LogP contribution in [0.2, 0.25) is 0 Å². The van der Waals surface area contributed by atoms with Gasteiger partial charge in [-0.1, -0.05) is 18.3 Å². The van der Waals surface area contributed by atoms with Crippen molar-refractivity contribution >= 4 is 28.6 Å². The van der Waals surface area contributed by atoms with Crippen molar-refractivity contribution in [1.82, 2.24) is 0 Å². The second kappa shape index (κ2) is 6.05. The number of anilines is 2. The summed E-state index contributed by atoms with van der Waals surface area (Å²) >= 11 is 4.95. The van der Waals surface area contributed by atoms with Crippen LogP contribution in [0.5, 0.6) is 5.75 Å². The van der Waals surface area contributed by atoms with E-state index < -0.39 is 11.6 Å². The number of thiocarbonyl (C=S) groups is 1. The van der Waals surface area contributed by atoms with E-state index in [1.165, 1.54) is 19.2 Å². The Hall–Kier alpha value is -2.21. The van der Waals surface area contributed by atoms with E-state index in [1.807, 2.05) is 0 Å². The van der Waals surface area contributed by atoms with Crippen LogP contribution in [0.15, 0.2) is 30.3 Å². The highest BCUT2D eigenvalue weighted by molar-refractivity contribution is 7.80. The summed E-state index contributed by atoms with van der Waals surface area (Å²) in [5, 5.41) is 2.71. The quantitative estimate of drug-likeness (QED) is 0.846. The molecule has 0 spiro atoms. The molecule has 0 saturated carbocycles. The maximum Gasteiger partial charge on any atom is 0.152 e. The molecule has 0 aromatic heterocycles. The van der Waals surface area contributed by atoms with Crippen LogP contribution in [-0.4, -0.2) is 12.1 Å². The van der Waals surface area contributed by atoms with E-state index in [1.54, 1.807) is 25.1 Å². The number of rotatable bonds is 4. The number of benzene rings is 2. The molecular weight excluding hydrogens is 294 g/mol. The third kappa shape index (κ3) is 3.11. The molecule has 2 rings (SSSR count). The Morgan fingerprint density at radius 3 is 2.57 bits per heavy atom. The normalized spacial score (nSPS) is 10.3. The highest BCUT2D eigenvalue weighted by Crippen LogP contribution is 2.30. The van der Waals surface area contributed by atoms with E-state index in [9.17, 15) is 8.78 Å². The summed E-state index contributed by atoms with van der Waals surface area (Å²) in [6.45, 7) is 1.56. The maximum atomic E-state index is 14.1. The minimum Gasteiger partial charge on any atom is -0.497 e. The minimum atomic E-state index is -0.699. The van der Waals surface area contributed by atoms with Crippen molar-refractivity contribution in [3.63, 3.8) is 0 Å². The number of ether oxygens (including phenoxy) is 1. The van der Waals surface area contributed by atoms with Gasteiger partial charge in [-0.05, 0) is 30.7 Å². The lowest BCUT2D eigenvalue weighted by Crippen LogP contribution is -2.12. The zero-order chi connectivity index (χ0) is 15.6. The third-order valence-corrected chi connectivity index (χ3v) is 3.26. The van der Waals surface area contributed by atoms with Crippen LogP contribution in [0, 0.1) is 18.6 Å². The first kappa shape index (κ1) is 15.2. The number of nitrogens with one attached hydrogen (secondary N) is 1. The fraction of sp³-hybridized carbons (Fsp3) is 0.133. The zero-order valence-corrected chi connectivity index (χ0v) is 12.4. The Kier molecular flexibility index (Phi) is 4.37. The third-order valence-electron chi connectivity index (χ3n) is 3.04. The second-order valence-electron chi connectivity index (χ2n) is 4.45. The number of aryl methyl sites for hydroxylation is 1. The van der Waals surface area contributed by atoms with Gasteiger partial charge in [0.2, 0.25) is 0 Å². The summed E-state index contributed by atoms with van der Waals surface area (Å²) in [4.78, 5) is 0.119. The summed E-state index contributed by atoms with van der Waals surface area (Å²) in [6.07, 6.45) is 0. The van der Waals surface area contributed by atoms with Crippen LogP contribution in [-0.2, 0) is 0 Å². The van der Waals surface area contributed by atoms with Crippen molar-refractivity contribution in [2.24, 2.45) is 5.73 Å². The van der Waals surface area contributed by atoms with Crippen LogP contribution in [0.1, 0.15) is 11.1 Å². The molecular formula is C15H14F2N2OS. The molecule has 0 fully saturated rings. The van der Waals surface area contributed by atoms with Crippen LogP contribution >= 0.6 is 12.2 Å². The molecule has 0 aliphatic carbocycles. The molecule has 0 amide bonds.